The number of nitrogens with two attached hydrogens (primary N) is 1. The van der Waals surface area contributed by atoms with Crippen LogP contribution < -0.4 is 5.73 Å². The maximum atomic E-state index is 12.7. The number of nitrogens with zero attached hydrogens (tertiary/aromatic N) is 2. The SMILES string of the molecule is CC(C)(C)OC(=O)N(CCOC1CCCCO1)CC(=O)N1CCCC1C(N)=O. The van der Waals surface area contributed by atoms with E-state index in [1.807, 2.05) is 0 Å². The van der Waals surface area contributed by atoms with Crippen molar-refractivity contribution in [3.05, 3.63) is 0 Å². The number of likely N-dealkylation sites (tertiary alicyclic amines) is 1. The van der Waals surface area contributed by atoms with E-state index in [1.165, 1.54) is 9.80 Å². The third kappa shape index (κ3) is 6.94. The van der Waals surface area contributed by atoms with Crippen molar-refractivity contribution in [3.63, 3.8) is 0 Å². The highest BCUT2D eigenvalue weighted by molar-refractivity contribution is 5.89. The molecule has 0 aromatic rings. The fourth-order valence-electron chi connectivity index (χ4n) is 3.31. The first-order valence-corrected chi connectivity index (χ1v) is 9.97. The molecule has 9 nitrogen and oxygen atoms in total. The molecule has 2 aliphatic heterocycles. The highest BCUT2D eigenvalue weighted by Gasteiger charge is 2.34. The van der Waals surface area contributed by atoms with Crippen LogP contribution in [0, 0.1) is 0 Å². The molecule has 2 rings (SSSR count). The molecule has 2 heterocycles. The third-order valence-corrected chi connectivity index (χ3v) is 4.68. The second kappa shape index (κ2) is 10.1. The number of amides is 3. The van der Waals surface area contributed by atoms with Crippen molar-refractivity contribution < 1.29 is 28.6 Å². The zero-order chi connectivity index (χ0) is 20.7. The Labute approximate surface area is 166 Å². The van der Waals surface area contributed by atoms with Crippen molar-refractivity contribution in [1.29, 1.82) is 0 Å². The largest absolute Gasteiger partial charge is 0.444 e. The van der Waals surface area contributed by atoms with Crippen molar-refractivity contribution in [1.82, 2.24) is 9.80 Å². The highest BCUT2D eigenvalue weighted by atomic mass is 16.7. The molecule has 2 atom stereocenters. The third-order valence-electron chi connectivity index (χ3n) is 4.68. The molecule has 0 aromatic carbocycles. The van der Waals surface area contributed by atoms with Gasteiger partial charge in [-0.15, -0.1) is 0 Å². The van der Waals surface area contributed by atoms with Crippen LogP contribution in [-0.2, 0) is 23.8 Å². The first-order chi connectivity index (χ1) is 13.2. The Bertz CT molecular complexity index is 556. The highest BCUT2D eigenvalue weighted by Crippen LogP contribution is 2.18. The van der Waals surface area contributed by atoms with E-state index in [0.717, 1.165) is 19.3 Å². The Morgan fingerprint density at radius 2 is 1.93 bits per heavy atom. The number of ether oxygens (including phenoxy) is 3. The molecule has 28 heavy (non-hydrogen) atoms. The van der Waals surface area contributed by atoms with Crippen LogP contribution in [0.2, 0.25) is 0 Å². The minimum atomic E-state index is -0.685. The van der Waals surface area contributed by atoms with E-state index in [4.69, 9.17) is 19.9 Å². The first-order valence-electron chi connectivity index (χ1n) is 9.97. The van der Waals surface area contributed by atoms with Gasteiger partial charge in [0.1, 0.15) is 18.2 Å². The molecule has 9 heteroatoms. The van der Waals surface area contributed by atoms with Crippen LogP contribution in [0.4, 0.5) is 4.79 Å². The van der Waals surface area contributed by atoms with Crippen LogP contribution in [0.5, 0.6) is 0 Å². The number of carbonyl (C=O) groups excluding carboxylic acids is 3. The molecule has 2 aliphatic rings. The van der Waals surface area contributed by atoms with Crippen molar-refractivity contribution in [2.45, 2.75) is 70.8 Å². The van der Waals surface area contributed by atoms with Gasteiger partial charge in [-0.1, -0.05) is 0 Å². The Hall–Kier alpha value is -1.87. The van der Waals surface area contributed by atoms with E-state index in [2.05, 4.69) is 0 Å². The lowest BCUT2D eigenvalue weighted by molar-refractivity contribution is -0.164. The molecule has 3 amide bonds. The normalized spacial score (nSPS) is 22.8. The van der Waals surface area contributed by atoms with Gasteiger partial charge in [-0.3, -0.25) is 14.5 Å². The summed E-state index contributed by atoms with van der Waals surface area (Å²) in [6, 6.07) is -0.611. The monoisotopic (exact) mass is 399 g/mol. The van der Waals surface area contributed by atoms with Crippen LogP contribution in [0.25, 0.3) is 0 Å². The summed E-state index contributed by atoms with van der Waals surface area (Å²) in [5, 5.41) is 0. The lowest BCUT2D eigenvalue weighted by Crippen LogP contribution is -2.50. The summed E-state index contributed by atoms with van der Waals surface area (Å²) in [5.41, 5.74) is 4.71. The molecule has 0 bridgehead atoms. The minimum absolute atomic E-state index is 0.187. The summed E-state index contributed by atoms with van der Waals surface area (Å²) in [6.45, 7) is 6.66. The quantitative estimate of drug-likeness (QED) is 0.689. The molecule has 160 valence electrons. The average Bonchev–Trinajstić information content (AvgIpc) is 3.10. The van der Waals surface area contributed by atoms with Gasteiger partial charge in [-0.05, 0) is 52.9 Å². The molecule has 2 fully saturated rings. The zero-order valence-electron chi connectivity index (χ0n) is 17.1. The second-order valence-electron chi connectivity index (χ2n) is 8.22. The molecule has 2 unspecified atom stereocenters. The summed E-state index contributed by atoms with van der Waals surface area (Å²) in [4.78, 5) is 39.6. The van der Waals surface area contributed by atoms with E-state index in [0.29, 0.717) is 26.0 Å². The van der Waals surface area contributed by atoms with Gasteiger partial charge in [0.15, 0.2) is 6.29 Å². The molecule has 2 N–H and O–H groups in total. The smallest absolute Gasteiger partial charge is 0.410 e. The Morgan fingerprint density at radius 1 is 1.18 bits per heavy atom. The van der Waals surface area contributed by atoms with Gasteiger partial charge in [0, 0.05) is 19.7 Å². The topological polar surface area (TPSA) is 111 Å². The standard InChI is InChI=1S/C19H33N3O6/c1-19(2,3)28-18(25)21(10-12-27-16-8-4-5-11-26-16)13-15(23)22-9-6-7-14(22)17(20)24/h14,16H,4-13H2,1-3H3,(H2,20,24). The van der Waals surface area contributed by atoms with E-state index >= 15 is 0 Å². The number of primary amides is 1. The molecule has 0 aromatic heterocycles. The van der Waals surface area contributed by atoms with Gasteiger partial charge in [0.25, 0.3) is 0 Å². The first kappa shape index (κ1) is 22.4. The van der Waals surface area contributed by atoms with Crippen LogP contribution in [0.1, 0.15) is 52.9 Å². The van der Waals surface area contributed by atoms with Crippen molar-refractivity contribution >= 4 is 17.9 Å². The van der Waals surface area contributed by atoms with E-state index in [1.54, 1.807) is 20.8 Å². The van der Waals surface area contributed by atoms with Crippen LogP contribution >= 0.6 is 0 Å². The molecule has 0 spiro atoms. The number of rotatable bonds is 7. The predicted octanol–water partition coefficient (Wildman–Crippen LogP) is 1.24. The number of hydrogen-bond donors (Lipinski definition) is 1. The lowest BCUT2D eigenvalue weighted by Gasteiger charge is -2.30. The van der Waals surface area contributed by atoms with Crippen molar-refractivity contribution in [2.24, 2.45) is 5.73 Å². The van der Waals surface area contributed by atoms with Gasteiger partial charge in [-0.25, -0.2) is 4.79 Å². The van der Waals surface area contributed by atoms with Crippen molar-refractivity contribution in [2.75, 3.05) is 32.8 Å². The summed E-state index contributed by atoms with van der Waals surface area (Å²) >= 11 is 0. The van der Waals surface area contributed by atoms with Crippen LogP contribution in [0.15, 0.2) is 0 Å². The average molecular weight is 399 g/mol. The molecule has 0 aliphatic carbocycles. The summed E-state index contributed by atoms with van der Waals surface area (Å²) in [7, 11) is 0. The molecule has 2 saturated heterocycles. The lowest BCUT2D eigenvalue weighted by atomic mass is 10.2. The summed E-state index contributed by atoms with van der Waals surface area (Å²) in [5.74, 6) is -0.839. The van der Waals surface area contributed by atoms with E-state index in [-0.39, 0.29) is 31.9 Å². The van der Waals surface area contributed by atoms with E-state index < -0.39 is 23.6 Å². The summed E-state index contributed by atoms with van der Waals surface area (Å²) in [6.07, 6.45) is 3.28. The maximum Gasteiger partial charge on any atom is 0.410 e. The maximum absolute atomic E-state index is 12.7. The van der Waals surface area contributed by atoms with Crippen LogP contribution in [-0.4, -0.2) is 78.5 Å². The predicted molar refractivity (Wildman–Crippen MR) is 101 cm³/mol. The van der Waals surface area contributed by atoms with Crippen molar-refractivity contribution in [3.8, 4) is 0 Å². The van der Waals surface area contributed by atoms with Gasteiger partial charge in [0.05, 0.1) is 6.61 Å². The second-order valence-corrected chi connectivity index (χ2v) is 8.22. The summed E-state index contributed by atoms with van der Waals surface area (Å²) < 4.78 is 16.6. The molecule has 0 saturated carbocycles. The van der Waals surface area contributed by atoms with E-state index in [9.17, 15) is 14.4 Å². The Balaban J connectivity index is 1.95. The number of carbonyl (C=O) groups is 3. The fraction of sp³-hybridized carbons (Fsp3) is 0.842. The molecular formula is C19H33N3O6. The molecule has 0 radical (unpaired) electrons. The molecular weight excluding hydrogens is 366 g/mol. The Kier molecular flexibility index (Phi) is 8.06. The fourth-order valence-corrected chi connectivity index (χ4v) is 3.31. The van der Waals surface area contributed by atoms with Crippen LogP contribution in [0.3, 0.4) is 0 Å². The Morgan fingerprint density at radius 3 is 2.54 bits per heavy atom. The number of hydrogen-bond acceptors (Lipinski definition) is 6. The van der Waals surface area contributed by atoms with Gasteiger partial charge >= 0.3 is 6.09 Å². The zero-order valence-corrected chi connectivity index (χ0v) is 17.1. The van der Waals surface area contributed by atoms with Gasteiger partial charge in [-0.2, -0.15) is 0 Å². The van der Waals surface area contributed by atoms with Gasteiger partial charge < -0.3 is 24.8 Å². The minimum Gasteiger partial charge on any atom is -0.444 e. The van der Waals surface area contributed by atoms with Gasteiger partial charge in [0.2, 0.25) is 11.8 Å².